The lowest BCUT2D eigenvalue weighted by Gasteiger charge is -2.36. The molecule has 1 unspecified atom stereocenters. The Morgan fingerprint density at radius 1 is 1.24 bits per heavy atom. The van der Waals surface area contributed by atoms with E-state index in [4.69, 9.17) is 4.74 Å². The minimum absolute atomic E-state index is 0.0947. The van der Waals surface area contributed by atoms with Gasteiger partial charge in [0, 0.05) is 5.54 Å². The molecule has 0 saturated carbocycles. The molecule has 0 radical (unpaired) electrons. The molecule has 0 spiro atoms. The number of ether oxygens (including phenoxy) is 1. The predicted molar refractivity (Wildman–Crippen MR) is 71.0 cm³/mol. The highest BCUT2D eigenvalue weighted by Crippen LogP contribution is 2.32. The van der Waals surface area contributed by atoms with Crippen LogP contribution in [0.2, 0.25) is 0 Å². The van der Waals surface area contributed by atoms with Gasteiger partial charge in [0.1, 0.15) is 5.72 Å². The summed E-state index contributed by atoms with van der Waals surface area (Å²) in [5, 5.41) is 3.64. The molecule has 1 atom stereocenters. The molecule has 2 rings (SSSR count). The Bertz CT molecular complexity index is 259. The van der Waals surface area contributed by atoms with Gasteiger partial charge in [-0.3, -0.25) is 5.32 Å². The molecule has 0 amide bonds. The van der Waals surface area contributed by atoms with E-state index in [1.54, 1.807) is 0 Å². The fourth-order valence-electron chi connectivity index (χ4n) is 3.30. The van der Waals surface area contributed by atoms with Crippen LogP contribution < -0.4 is 5.32 Å². The maximum Gasteiger partial charge on any atom is 0.117 e. The van der Waals surface area contributed by atoms with Gasteiger partial charge >= 0.3 is 0 Å². The number of likely N-dealkylation sites (tertiary alicyclic amines) is 1. The van der Waals surface area contributed by atoms with E-state index in [0.29, 0.717) is 0 Å². The molecule has 2 saturated heterocycles. The standard InChI is InChI=1S/C14H28N2O/c1-5-16-8-6-12(7-9-16)10-14(4)15-13(2,3)11-17-14/h12,15H,5-11H2,1-4H3. The number of nitrogens with one attached hydrogen (secondary N) is 1. The topological polar surface area (TPSA) is 24.5 Å². The van der Waals surface area contributed by atoms with Crippen molar-refractivity contribution in [1.29, 1.82) is 0 Å². The zero-order chi connectivity index (χ0) is 12.5. The Morgan fingerprint density at radius 3 is 2.35 bits per heavy atom. The minimum Gasteiger partial charge on any atom is -0.359 e. The van der Waals surface area contributed by atoms with Crippen molar-refractivity contribution in [2.24, 2.45) is 5.92 Å². The van der Waals surface area contributed by atoms with Gasteiger partial charge in [-0.05, 0) is 65.6 Å². The number of rotatable bonds is 3. The monoisotopic (exact) mass is 240 g/mol. The summed E-state index contributed by atoms with van der Waals surface area (Å²) in [6.07, 6.45) is 3.82. The van der Waals surface area contributed by atoms with E-state index < -0.39 is 0 Å². The maximum atomic E-state index is 5.99. The lowest BCUT2D eigenvalue weighted by atomic mass is 9.88. The van der Waals surface area contributed by atoms with E-state index in [1.807, 2.05) is 0 Å². The van der Waals surface area contributed by atoms with E-state index in [9.17, 15) is 0 Å². The molecule has 2 aliphatic rings. The van der Waals surface area contributed by atoms with Crippen LogP contribution in [0.5, 0.6) is 0 Å². The van der Waals surface area contributed by atoms with Gasteiger partial charge in [0.05, 0.1) is 6.61 Å². The van der Waals surface area contributed by atoms with Crippen LogP contribution in [0.1, 0.15) is 47.0 Å². The third-order valence-electron chi connectivity index (χ3n) is 4.19. The van der Waals surface area contributed by atoms with Gasteiger partial charge in [0.15, 0.2) is 0 Å². The third kappa shape index (κ3) is 3.43. The van der Waals surface area contributed by atoms with E-state index in [-0.39, 0.29) is 11.3 Å². The zero-order valence-corrected chi connectivity index (χ0v) is 11.9. The van der Waals surface area contributed by atoms with Crippen molar-refractivity contribution in [3.8, 4) is 0 Å². The average molecular weight is 240 g/mol. The Kier molecular flexibility index (Phi) is 3.81. The Morgan fingerprint density at radius 2 is 1.88 bits per heavy atom. The fraction of sp³-hybridized carbons (Fsp3) is 1.00. The lowest BCUT2D eigenvalue weighted by Crippen LogP contribution is -2.48. The number of nitrogens with zero attached hydrogens (tertiary/aromatic N) is 1. The quantitative estimate of drug-likeness (QED) is 0.818. The molecule has 0 aromatic heterocycles. The summed E-state index contributed by atoms with van der Waals surface area (Å²) in [5.41, 5.74) is 0.0431. The summed E-state index contributed by atoms with van der Waals surface area (Å²) in [6.45, 7) is 13.5. The van der Waals surface area contributed by atoms with Gasteiger partial charge in [-0.25, -0.2) is 0 Å². The predicted octanol–water partition coefficient (Wildman–Crippen LogP) is 2.22. The van der Waals surface area contributed by atoms with Gasteiger partial charge in [-0.1, -0.05) is 6.92 Å². The van der Waals surface area contributed by atoms with Crippen LogP contribution in [0.3, 0.4) is 0 Å². The van der Waals surface area contributed by atoms with Gasteiger partial charge in [-0.15, -0.1) is 0 Å². The van der Waals surface area contributed by atoms with Crippen molar-refractivity contribution < 1.29 is 4.74 Å². The second kappa shape index (κ2) is 4.87. The molecular weight excluding hydrogens is 212 g/mol. The number of hydrogen-bond acceptors (Lipinski definition) is 3. The molecular formula is C14H28N2O. The summed E-state index contributed by atoms with van der Waals surface area (Å²) in [4.78, 5) is 2.55. The first-order valence-corrected chi connectivity index (χ1v) is 7.08. The average Bonchev–Trinajstić information content (AvgIpc) is 2.54. The maximum absolute atomic E-state index is 5.99. The molecule has 0 aromatic rings. The molecule has 3 heteroatoms. The smallest absolute Gasteiger partial charge is 0.117 e. The van der Waals surface area contributed by atoms with Crippen molar-refractivity contribution in [3.63, 3.8) is 0 Å². The molecule has 2 aliphatic heterocycles. The summed E-state index contributed by atoms with van der Waals surface area (Å²) >= 11 is 0. The zero-order valence-electron chi connectivity index (χ0n) is 11.9. The Labute approximate surface area is 106 Å². The van der Waals surface area contributed by atoms with E-state index >= 15 is 0 Å². The number of hydrogen-bond donors (Lipinski definition) is 1. The van der Waals surface area contributed by atoms with E-state index in [0.717, 1.165) is 18.9 Å². The summed E-state index contributed by atoms with van der Waals surface area (Å²) < 4.78 is 5.99. The van der Waals surface area contributed by atoms with Gasteiger partial charge < -0.3 is 9.64 Å². The van der Waals surface area contributed by atoms with Gasteiger partial charge in [0.2, 0.25) is 0 Å². The van der Waals surface area contributed by atoms with Gasteiger partial charge in [0.25, 0.3) is 0 Å². The molecule has 1 N–H and O–H groups in total. The summed E-state index contributed by atoms with van der Waals surface area (Å²) in [6, 6.07) is 0. The molecule has 0 aromatic carbocycles. The molecule has 17 heavy (non-hydrogen) atoms. The van der Waals surface area contributed by atoms with Crippen LogP contribution in [0.4, 0.5) is 0 Å². The largest absolute Gasteiger partial charge is 0.359 e. The first-order valence-electron chi connectivity index (χ1n) is 7.08. The molecule has 2 fully saturated rings. The van der Waals surface area contributed by atoms with Crippen LogP contribution in [0, 0.1) is 5.92 Å². The summed E-state index contributed by atoms with van der Waals surface area (Å²) in [5.74, 6) is 0.823. The van der Waals surface area contributed by atoms with Crippen LogP contribution in [-0.4, -0.2) is 42.4 Å². The lowest BCUT2D eigenvalue weighted by molar-refractivity contribution is -0.0207. The third-order valence-corrected chi connectivity index (χ3v) is 4.19. The first kappa shape index (κ1) is 13.3. The Balaban J connectivity index is 1.82. The highest BCUT2D eigenvalue weighted by Gasteiger charge is 2.41. The second-order valence-corrected chi connectivity index (χ2v) is 6.61. The van der Waals surface area contributed by atoms with E-state index in [2.05, 4.69) is 37.9 Å². The molecule has 0 aliphatic carbocycles. The minimum atomic E-state index is -0.0947. The van der Waals surface area contributed by atoms with Crippen molar-refractivity contribution in [1.82, 2.24) is 10.2 Å². The molecule has 2 heterocycles. The van der Waals surface area contributed by atoms with Crippen molar-refractivity contribution in [3.05, 3.63) is 0 Å². The van der Waals surface area contributed by atoms with Crippen molar-refractivity contribution >= 4 is 0 Å². The van der Waals surface area contributed by atoms with Gasteiger partial charge in [-0.2, -0.15) is 0 Å². The van der Waals surface area contributed by atoms with Crippen molar-refractivity contribution in [2.75, 3.05) is 26.2 Å². The second-order valence-electron chi connectivity index (χ2n) is 6.61. The molecule has 100 valence electrons. The van der Waals surface area contributed by atoms with Crippen LogP contribution in [0.15, 0.2) is 0 Å². The van der Waals surface area contributed by atoms with Crippen LogP contribution in [0.25, 0.3) is 0 Å². The highest BCUT2D eigenvalue weighted by atomic mass is 16.5. The summed E-state index contributed by atoms with van der Waals surface area (Å²) in [7, 11) is 0. The normalized spacial score (nSPS) is 35.3. The van der Waals surface area contributed by atoms with Crippen LogP contribution >= 0.6 is 0 Å². The SMILES string of the molecule is CCN1CCC(CC2(C)NC(C)(C)CO2)CC1. The highest BCUT2D eigenvalue weighted by molar-refractivity contribution is 4.93. The van der Waals surface area contributed by atoms with Crippen LogP contribution in [-0.2, 0) is 4.74 Å². The number of piperidine rings is 1. The first-order chi connectivity index (χ1) is 7.92. The molecule has 3 nitrogen and oxygen atoms in total. The molecule has 0 bridgehead atoms. The fourth-order valence-corrected chi connectivity index (χ4v) is 3.30. The van der Waals surface area contributed by atoms with E-state index in [1.165, 1.54) is 32.5 Å². The van der Waals surface area contributed by atoms with Crippen molar-refractivity contribution in [2.45, 2.75) is 58.2 Å². The Hall–Kier alpha value is -0.120.